The lowest BCUT2D eigenvalue weighted by Gasteiger charge is -2.00. The number of hydrogen-bond donors (Lipinski definition) is 1. The highest BCUT2D eigenvalue weighted by Gasteiger charge is 2.20. The van der Waals surface area contributed by atoms with Crippen molar-refractivity contribution in [2.75, 3.05) is 0 Å². The standard InChI is InChI=1S/C14H11ClO2/c1-8-5-6-12-14(10(16)7-8)13-9(15)3-2-4-11(13)17-12/h2-8,16H,1H3/t8-/m1/s1. The van der Waals surface area contributed by atoms with Crippen LogP contribution in [-0.2, 0) is 0 Å². The van der Waals surface area contributed by atoms with Crippen LogP contribution in [0.3, 0.4) is 0 Å². The third-order valence-electron chi connectivity index (χ3n) is 2.92. The summed E-state index contributed by atoms with van der Waals surface area (Å²) < 4.78 is 5.70. The number of aliphatic hydroxyl groups excluding tert-OH is 1. The van der Waals surface area contributed by atoms with Crippen molar-refractivity contribution in [1.29, 1.82) is 0 Å². The summed E-state index contributed by atoms with van der Waals surface area (Å²) >= 11 is 6.17. The van der Waals surface area contributed by atoms with Crippen molar-refractivity contribution in [3.8, 4) is 0 Å². The summed E-state index contributed by atoms with van der Waals surface area (Å²) in [5.41, 5.74) is 1.38. The van der Waals surface area contributed by atoms with Gasteiger partial charge in [-0.1, -0.05) is 30.7 Å². The molecule has 0 radical (unpaired) electrons. The number of benzene rings is 1. The summed E-state index contributed by atoms with van der Waals surface area (Å²) in [4.78, 5) is 0. The molecule has 1 atom stereocenters. The van der Waals surface area contributed by atoms with E-state index in [2.05, 4.69) is 0 Å². The molecule has 1 aliphatic rings. The second-order valence-corrected chi connectivity index (χ2v) is 4.63. The Morgan fingerprint density at radius 3 is 3.00 bits per heavy atom. The SMILES string of the molecule is C[C@@H]1C=Cc2oc3cccc(Cl)c3c2C(O)=C1. The highest BCUT2D eigenvalue weighted by atomic mass is 35.5. The molecule has 2 aromatic rings. The Morgan fingerprint density at radius 2 is 2.18 bits per heavy atom. The first-order valence-corrected chi connectivity index (χ1v) is 5.85. The van der Waals surface area contributed by atoms with Crippen LogP contribution in [0.4, 0.5) is 0 Å². The van der Waals surface area contributed by atoms with E-state index in [-0.39, 0.29) is 11.7 Å². The van der Waals surface area contributed by atoms with Crippen molar-refractivity contribution in [2.24, 2.45) is 5.92 Å². The van der Waals surface area contributed by atoms with Crippen LogP contribution in [0.1, 0.15) is 18.2 Å². The van der Waals surface area contributed by atoms with Gasteiger partial charge < -0.3 is 9.52 Å². The van der Waals surface area contributed by atoms with Gasteiger partial charge in [0.25, 0.3) is 0 Å². The molecule has 2 nitrogen and oxygen atoms in total. The van der Waals surface area contributed by atoms with Crippen molar-refractivity contribution in [3.05, 3.63) is 46.7 Å². The normalized spacial score (nSPS) is 18.9. The van der Waals surface area contributed by atoms with E-state index in [1.165, 1.54) is 0 Å². The lowest BCUT2D eigenvalue weighted by molar-refractivity contribution is 0.505. The molecule has 1 aliphatic carbocycles. The molecule has 86 valence electrons. The molecule has 0 amide bonds. The number of aliphatic hydroxyl groups is 1. The second-order valence-electron chi connectivity index (χ2n) is 4.22. The van der Waals surface area contributed by atoms with Crippen LogP contribution in [0.5, 0.6) is 0 Å². The molecule has 0 unspecified atom stereocenters. The van der Waals surface area contributed by atoms with E-state index in [0.717, 1.165) is 5.39 Å². The molecule has 0 spiro atoms. The lowest BCUT2D eigenvalue weighted by Crippen LogP contribution is -1.86. The van der Waals surface area contributed by atoms with E-state index in [0.29, 0.717) is 21.9 Å². The van der Waals surface area contributed by atoms with Gasteiger partial charge in [-0.25, -0.2) is 0 Å². The summed E-state index contributed by atoms with van der Waals surface area (Å²) in [5, 5.41) is 11.5. The van der Waals surface area contributed by atoms with Gasteiger partial charge in [0.15, 0.2) is 0 Å². The summed E-state index contributed by atoms with van der Waals surface area (Å²) in [5.74, 6) is 1.06. The highest BCUT2D eigenvalue weighted by molar-refractivity contribution is 6.36. The molecule has 0 fully saturated rings. The first-order chi connectivity index (χ1) is 8.16. The predicted octanol–water partition coefficient (Wildman–Crippen LogP) is 4.65. The van der Waals surface area contributed by atoms with Gasteiger partial charge in [0.1, 0.15) is 17.1 Å². The molecule has 1 heterocycles. The summed E-state index contributed by atoms with van der Waals surface area (Å²) in [6, 6.07) is 5.48. The number of rotatable bonds is 0. The van der Waals surface area contributed by atoms with E-state index >= 15 is 0 Å². The Balaban J connectivity index is 2.42. The van der Waals surface area contributed by atoms with Gasteiger partial charge in [0.2, 0.25) is 0 Å². The fourth-order valence-electron chi connectivity index (χ4n) is 2.12. The van der Waals surface area contributed by atoms with Crippen LogP contribution in [0.2, 0.25) is 5.02 Å². The van der Waals surface area contributed by atoms with E-state index in [4.69, 9.17) is 16.0 Å². The van der Waals surface area contributed by atoms with E-state index in [1.807, 2.05) is 31.2 Å². The molecule has 0 saturated carbocycles. The smallest absolute Gasteiger partial charge is 0.138 e. The van der Waals surface area contributed by atoms with E-state index in [9.17, 15) is 5.11 Å². The number of furan rings is 1. The largest absolute Gasteiger partial charge is 0.507 e. The first kappa shape index (κ1) is 10.5. The van der Waals surface area contributed by atoms with Gasteiger partial charge in [-0.15, -0.1) is 0 Å². The van der Waals surface area contributed by atoms with Crippen molar-refractivity contribution in [2.45, 2.75) is 6.92 Å². The van der Waals surface area contributed by atoms with Gasteiger partial charge in [0, 0.05) is 0 Å². The molecule has 1 aromatic carbocycles. The Morgan fingerprint density at radius 1 is 1.35 bits per heavy atom. The van der Waals surface area contributed by atoms with Gasteiger partial charge in [-0.3, -0.25) is 0 Å². The summed E-state index contributed by atoms with van der Waals surface area (Å²) in [6.45, 7) is 2.00. The average Bonchev–Trinajstić information content (AvgIpc) is 2.60. The maximum Gasteiger partial charge on any atom is 0.138 e. The van der Waals surface area contributed by atoms with E-state index < -0.39 is 0 Å². The Labute approximate surface area is 104 Å². The van der Waals surface area contributed by atoms with Crippen LogP contribution >= 0.6 is 11.6 Å². The molecular weight excluding hydrogens is 236 g/mol. The summed E-state index contributed by atoms with van der Waals surface area (Å²) in [6.07, 6.45) is 5.66. The monoisotopic (exact) mass is 246 g/mol. The molecule has 3 heteroatoms. The minimum absolute atomic E-state index is 0.176. The topological polar surface area (TPSA) is 33.4 Å². The van der Waals surface area contributed by atoms with Crippen LogP contribution in [0, 0.1) is 5.92 Å². The average molecular weight is 247 g/mol. The lowest BCUT2D eigenvalue weighted by atomic mass is 10.1. The number of halogens is 1. The van der Waals surface area contributed by atoms with E-state index in [1.54, 1.807) is 12.1 Å². The molecule has 17 heavy (non-hydrogen) atoms. The minimum Gasteiger partial charge on any atom is -0.507 e. The molecule has 3 rings (SSSR count). The van der Waals surface area contributed by atoms with Gasteiger partial charge >= 0.3 is 0 Å². The Kier molecular flexibility index (Phi) is 2.26. The molecule has 1 aromatic heterocycles. The molecule has 0 aliphatic heterocycles. The molecular formula is C14H11ClO2. The summed E-state index contributed by atoms with van der Waals surface area (Å²) in [7, 11) is 0. The maximum absolute atomic E-state index is 10.1. The van der Waals surface area contributed by atoms with Crippen molar-refractivity contribution in [3.63, 3.8) is 0 Å². The van der Waals surface area contributed by atoms with Crippen LogP contribution < -0.4 is 0 Å². The van der Waals surface area contributed by atoms with Crippen molar-refractivity contribution < 1.29 is 9.52 Å². The molecule has 0 saturated heterocycles. The Hall–Kier alpha value is -1.67. The van der Waals surface area contributed by atoms with Crippen molar-refractivity contribution in [1.82, 2.24) is 0 Å². The fourth-order valence-corrected chi connectivity index (χ4v) is 2.38. The Bertz CT molecular complexity index is 650. The fraction of sp³-hybridized carbons (Fsp3) is 0.143. The van der Waals surface area contributed by atoms with Gasteiger partial charge in [-0.2, -0.15) is 0 Å². The number of fused-ring (bicyclic) bond motifs is 3. The number of allylic oxidation sites excluding steroid dienone is 2. The van der Waals surface area contributed by atoms with Crippen molar-refractivity contribution >= 4 is 34.4 Å². The zero-order valence-electron chi connectivity index (χ0n) is 9.27. The minimum atomic E-state index is 0.176. The molecule has 0 bridgehead atoms. The quantitative estimate of drug-likeness (QED) is 0.734. The predicted molar refractivity (Wildman–Crippen MR) is 70.0 cm³/mol. The highest BCUT2D eigenvalue weighted by Crippen LogP contribution is 2.37. The van der Waals surface area contributed by atoms with Crippen LogP contribution in [0.15, 0.2) is 34.8 Å². The zero-order chi connectivity index (χ0) is 12.0. The zero-order valence-corrected chi connectivity index (χ0v) is 10.0. The molecule has 1 N–H and O–H groups in total. The maximum atomic E-state index is 10.1. The van der Waals surface area contributed by atoms with Gasteiger partial charge in [0.05, 0.1) is 16.0 Å². The first-order valence-electron chi connectivity index (χ1n) is 5.47. The third kappa shape index (κ3) is 1.56. The number of hydrogen-bond acceptors (Lipinski definition) is 2. The third-order valence-corrected chi connectivity index (χ3v) is 3.23. The van der Waals surface area contributed by atoms with Gasteiger partial charge in [-0.05, 0) is 30.2 Å². The second kappa shape index (κ2) is 3.67. The van der Waals surface area contributed by atoms with Crippen LogP contribution in [-0.4, -0.2) is 5.11 Å². The van der Waals surface area contributed by atoms with Crippen LogP contribution in [0.25, 0.3) is 22.8 Å².